The van der Waals surface area contributed by atoms with Crippen molar-refractivity contribution in [1.29, 1.82) is 0 Å². The molecule has 1 aliphatic heterocycles. The number of unbranched alkanes of at least 4 members (excludes halogenated alkanes) is 2. The van der Waals surface area contributed by atoms with E-state index < -0.39 is 16.3 Å². The first-order chi connectivity index (χ1) is 13.5. The van der Waals surface area contributed by atoms with Crippen molar-refractivity contribution in [3.8, 4) is 0 Å². The zero-order valence-electron chi connectivity index (χ0n) is 16.5. The van der Waals surface area contributed by atoms with Crippen molar-refractivity contribution in [3.63, 3.8) is 0 Å². The minimum Gasteiger partial charge on any atom is -0.360 e. The molecule has 1 fully saturated rings. The fraction of sp³-hybridized carbons (Fsp3) is 0.455. The van der Waals surface area contributed by atoms with Crippen LogP contribution in [-0.4, -0.2) is 38.1 Å². The van der Waals surface area contributed by atoms with E-state index in [0.717, 1.165) is 30.4 Å². The maximum absolute atomic E-state index is 13.5. The van der Waals surface area contributed by atoms with Crippen molar-refractivity contribution in [2.75, 3.05) is 13.2 Å². The number of rotatable bonds is 9. The first kappa shape index (κ1) is 21.0. The number of nitrogens with zero attached hydrogens (tertiary/aromatic N) is 1. The lowest BCUT2D eigenvalue weighted by atomic mass is 10.1. The Hall–Kier alpha value is -1.73. The molecule has 6 heteroatoms. The van der Waals surface area contributed by atoms with E-state index >= 15 is 0 Å². The van der Waals surface area contributed by atoms with Gasteiger partial charge in [-0.25, -0.2) is 8.42 Å². The molecule has 2 atom stereocenters. The molecule has 28 heavy (non-hydrogen) atoms. The molecule has 0 aromatic heterocycles. The van der Waals surface area contributed by atoms with Gasteiger partial charge in [-0.15, -0.1) is 0 Å². The number of ether oxygens (including phenoxy) is 1. The molecule has 0 bridgehead atoms. The van der Waals surface area contributed by atoms with Gasteiger partial charge in [0.15, 0.2) is 0 Å². The van der Waals surface area contributed by atoms with Gasteiger partial charge in [0, 0.05) is 0 Å². The number of benzene rings is 2. The molecule has 1 heterocycles. The van der Waals surface area contributed by atoms with E-state index in [9.17, 15) is 8.42 Å². The molecule has 3 rings (SSSR count). The van der Waals surface area contributed by atoms with E-state index in [1.165, 1.54) is 0 Å². The molecule has 0 unspecified atom stereocenters. The molecule has 1 saturated heterocycles. The highest BCUT2D eigenvalue weighted by Gasteiger charge is 2.42. The van der Waals surface area contributed by atoms with Gasteiger partial charge in [0.25, 0.3) is 0 Å². The van der Waals surface area contributed by atoms with E-state index in [4.69, 9.17) is 10.5 Å². The third-order valence-electron chi connectivity index (χ3n) is 5.19. The van der Waals surface area contributed by atoms with Crippen molar-refractivity contribution in [2.45, 2.75) is 56.2 Å². The van der Waals surface area contributed by atoms with Gasteiger partial charge in [-0.05, 0) is 56.8 Å². The van der Waals surface area contributed by atoms with Crippen LogP contribution in [0, 0.1) is 6.92 Å². The van der Waals surface area contributed by atoms with Crippen LogP contribution in [0.3, 0.4) is 0 Å². The van der Waals surface area contributed by atoms with Crippen LogP contribution < -0.4 is 5.73 Å². The van der Waals surface area contributed by atoms with E-state index in [0.29, 0.717) is 30.9 Å². The maximum atomic E-state index is 13.5. The second-order valence-electron chi connectivity index (χ2n) is 7.42. The zero-order valence-corrected chi connectivity index (χ0v) is 17.3. The minimum absolute atomic E-state index is 0.201. The summed E-state index contributed by atoms with van der Waals surface area (Å²) in [6, 6.07) is 16.9. The van der Waals surface area contributed by atoms with Crippen LogP contribution in [0.25, 0.3) is 0 Å². The topological polar surface area (TPSA) is 72.6 Å². The van der Waals surface area contributed by atoms with Gasteiger partial charge < -0.3 is 10.5 Å². The molecule has 5 nitrogen and oxygen atoms in total. The predicted octanol–water partition coefficient (Wildman–Crippen LogP) is 3.47. The van der Waals surface area contributed by atoms with Crippen molar-refractivity contribution >= 4 is 10.0 Å². The largest absolute Gasteiger partial charge is 0.360 e. The van der Waals surface area contributed by atoms with Crippen LogP contribution in [0.2, 0.25) is 0 Å². The molecule has 0 aliphatic carbocycles. The Morgan fingerprint density at radius 3 is 2.43 bits per heavy atom. The van der Waals surface area contributed by atoms with Crippen LogP contribution in [0.5, 0.6) is 0 Å². The predicted molar refractivity (Wildman–Crippen MR) is 111 cm³/mol. The number of hydrogen-bond acceptors (Lipinski definition) is 4. The summed E-state index contributed by atoms with van der Waals surface area (Å²) >= 11 is 0. The highest BCUT2D eigenvalue weighted by molar-refractivity contribution is 7.89. The third-order valence-corrected chi connectivity index (χ3v) is 7.15. The second-order valence-corrected chi connectivity index (χ2v) is 9.26. The van der Waals surface area contributed by atoms with Gasteiger partial charge in [0.1, 0.15) is 6.23 Å². The highest BCUT2D eigenvalue weighted by atomic mass is 32.2. The Morgan fingerprint density at radius 2 is 1.75 bits per heavy atom. The van der Waals surface area contributed by atoms with Gasteiger partial charge in [-0.1, -0.05) is 54.4 Å². The van der Waals surface area contributed by atoms with Gasteiger partial charge in [0.2, 0.25) is 10.0 Å². The zero-order chi connectivity index (χ0) is 20.0. The number of sulfonamides is 1. The Morgan fingerprint density at radius 1 is 1.04 bits per heavy atom. The average molecular weight is 403 g/mol. The van der Waals surface area contributed by atoms with Crippen molar-refractivity contribution < 1.29 is 13.2 Å². The summed E-state index contributed by atoms with van der Waals surface area (Å²) in [5.41, 5.74) is 7.73. The summed E-state index contributed by atoms with van der Waals surface area (Å²) in [5, 5.41) is 0. The Bertz CT molecular complexity index is 838. The Balaban J connectivity index is 1.84. The lowest BCUT2D eigenvalue weighted by Crippen LogP contribution is -2.43. The first-order valence-corrected chi connectivity index (χ1v) is 11.4. The summed E-state index contributed by atoms with van der Waals surface area (Å²) in [6.07, 6.45) is 3.75. The van der Waals surface area contributed by atoms with Crippen molar-refractivity contribution in [1.82, 2.24) is 4.31 Å². The lowest BCUT2D eigenvalue weighted by Gasteiger charge is -2.27. The number of aryl methyl sites for hydroxylation is 1. The molecule has 0 radical (unpaired) electrons. The summed E-state index contributed by atoms with van der Waals surface area (Å²) in [5.74, 6) is 0. The highest BCUT2D eigenvalue weighted by Crippen LogP contribution is 2.31. The molecule has 152 valence electrons. The fourth-order valence-electron chi connectivity index (χ4n) is 3.67. The van der Waals surface area contributed by atoms with Gasteiger partial charge in [-0.3, -0.25) is 0 Å². The van der Waals surface area contributed by atoms with Crippen molar-refractivity contribution in [3.05, 3.63) is 65.7 Å². The Kier molecular flexibility index (Phi) is 7.24. The summed E-state index contributed by atoms with van der Waals surface area (Å²) in [6.45, 7) is 3.03. The second kappa shape index (κ2) is 9.65. The standard InChI is InChI=1S/C22H30N2O3S/c1-18-11-13-21(14-12-18)28(25,26)24-20(16-19-8-4-2-5-9-19)17-27-22(24)10-6-3-7-15-23/h2,4-5,8-9,11-14,20,22H,3,6-7,10,15-17,23H2,1H3/t20-,22+/m1/s1. The normalized spacial score (nSPS) is 20.5. The summed E-state index contributed by atoms with van der Waals surface area (Å²) < 4.78 is 34.5. The lowest BCUT2D eigenvalue weighted by molar-refractivity contribution is 0.0590. The summed E-state index contributed by atoms with van der Waals surface area (Å²) in [7, 11) is -3.63. The van der Waals surface area contributed by atoms with Crippen LogP contribution in [0.4, 0.5) is 0 Å². The van der Waals surface area contributed by atoms with Gasteiger partial charge in [-0.2, -0.15) is 4.31 Å². The van der Waals surface area contributed by atoms with Crippen LogP contribution in [-0.2, 0) is 21.2 Å². The van der Waals surface area contributed by atoms with Crippen LogP contribution in [0.15, 0.2) is 59.5 Å². The number of nitrogens with two attached hydrogens (primary N) is 1. The van der Waals surface area contributed by atoms with Crippen LogP contribution in [0.1, 0.15) is 36.8 Å². The van der Waals surface area contributed by atoms with E-state index in [2.05, 4.69) is 0 Å². The molecule has 2 aromatic rings. The SMILES string of the molecule is Cc1ccc(S(=O)(=O)N2[C@H](Cc3ccccc3)CO[C@H]2CCCCCN)cc1. The smallest absolute Gasteiger partial charge is 0.245 e. The van der Waals surface area contributed by atoms with Gasteiger partial charge in [0.05, 0.1) is 17.5 Å². The molecule has 0 spiro atoms. The molecule has 0 amide bonds. The number of hydrogen-bond donors (Lipinski definition) is 1. The molecule has 2 aromatic carbocycles. The molecule has 0 saturated carbocycles. The average Bonchev–Trinajstić information content (AvgIpc) is 3.09. The first-order valence-electron chi connectivity index (χ1n) is 9.98. The monoisotopic (exact) mass is 402 g/mol. The third kappa shape index (κ3) is 5.00. The summed E-state index contributed by atoms with van der Waals surface area (Å²) in [4.78, 5) is 0.327. The molecular formula is C22H30N2O3S. The van der Waals surface area contributed by atoms with Crippen LogP contribution >= 0.6 is 0 Å². The van der Waals surface area contributed by atoms with E-state index in [1.807, 2.05) is 49.4 Å². The molecular weight excluding hydrogens is 372 g/mol. The molecule has 2 N–H and O–H groups in total. The minimum atomic E-state index is -3.63. The van der Waals surface area contributed by atoms with E-state index in [-0.39, 0.29) is 6.04 Å². The Labute approximate surface area is 168 Å². The quantitative estimate of drug-likeness (QED) is 0.652. The van der Waals surface area contributed by atoms with Crippen molar-refractivity contribution in [2.24, 2.45) is 5.73 Å². The fourth-order valence-corrected chi connectivity index (χ4v) is 5.40. The van der Waals surface area contributed by atoms with Gasteiger partial charge >= 0.3 is 0 Å². The van der Waals surface area contributed by atoms with E-state index in [1.54, 1.807) is 16.4 Å². The maximum Gasteiger partial charge on any atom is 0.245 e. The molecule has 1 aliphatic rings.